The van der Waals surface area contributed by atoms with Crippen LogP contribution in [-0.2, 0) is 166 Å². The predicted octanol–water partition coefficient (Wildman–Crippen LogP) is 4.39. The normalized spacial score (nSPS) is 39.5. The van der Waals surface area contributed by atoms with Gasteiger partial charge in [0.1, 0.15) is 177 Å². The zero-order valence-electron chi connectivity index (χ0n) is 74.1. The van der Waals surface area contributed by atoms with Crippen LogP contribution in [0.2, 0.25) is 0 Å². The number of hydrogen-bond donors (Lipinski definition) is 0. The van der Waals surface area contributed by atoms with Gasteiger partial charge in [0.25, 0.3) is 0 Å². The van der Waals surface area contributed by atoms with Gasteiger partial charge in [0.2, 0.25) is 0 Å². The number of methoxy groups -OCH3 is 20. The van der Waals surface area contributed by atoms with Gasteiger partial charge in [-0.25, -0.2) is 4.79 Å². The van der Waals surface area contributed by atoms with Crippen molar-refractivity contribution in [3.8, 4) is 0 Å². The number of amides is 1. The van der Waals surface area contributed by atoms with E-state index in [4.69, 9.17) is 166 Å². The molecular weight excluding hydrogens is 1750 g/mol. The summed E-state index contributed by atoms with van der Waals surface area (Å²) in [6.45, 7) is -0.468. The third kappa shape index (κ3) is 22.8. The van der Waals surface area contributed by atoms with Crippen molar-refractivity contribution in [1.82, 2.24) is 4.90 Å². The van der Waals surface area contributed by atoms with Crippen LogP contribution in [0.25, 0.3) is 0 Å². The van der Waals surface area contributed by atoms with Crippen LogP contribution in [0.4, 0.5) is 61.9 Å². The molecule has 0 N–H and O–H groups in total. The molecule has 50 heteroatoms. The number of nitrogens with zero attached hydrogens (tertiary/aromatic N) is 1. The van der Waals surface area contributed by atoms with E-state index in [0.717, 1.165) is 14.2 Å². The second kappa shape index (κ2) is 46.8. The highest BCUT2D eigenvalue weighted by atomic mass is 19.4. The van der Waals surface area contributed by atoms with E-state index in [1.54, 1.807) is 0 Å². The summed E-state index contributed by atoms with van der Waals surface area (Å²) >= 11 is 0. The highest BCUT2D eigenvalue weighted by Crippen LogP contribution is 2.61. The molecule has 0 unspecified atom stereocenters. The summed E-state index contributed by atoms with van der Waals surface area (Å²) in [4.78, 5) is 15.1. The number of hydrogen-bond acceptors (Lipinski definition) is 36. The van der Waals surface area contributed by atoms with Crippen LogP contribution in [0.3, 0.4) is 0 Å². The summed E-state index contributed by atoms with van der Waals surface area (Å²) in [5, 5.41) is 0. The van der Waals surface area contributed by atoms with E-state index < -0.39 is 295 Å². The first-order valence-corrected chi connectivity index (χ1v) is 39.7. The fourth-order valence-electron chi connectivity index (χ4n) is 16.7. The molecule has 21 fully saturated rings. The molecule has 14 bridgehead atoms. The van der Waals surface area contributed by atoms with Crippen LogP contribution in [0, 0.1) is 0 Å². The zero-order chi connectivity index (χ0) is 93.7. The average Bonchev–Trinajstić information content (AvgIpc) is 0.708. The first-order chi connectivity index (χ1) is 59.6. The van der Waals surface area contributed by atoms with E-state index >= 15 is 26.3 Å². The summed E-state index contributed by atoms with van der Waals surface area (Å²) in [6.07, 6.45) is -59.0. The van der Waals surface area contributed by atoms with Gasteiger partial charge >= 0.3 is 41.9 Å². The van der Waals surface area contributed by atoms with Crippen LogP contribution >= 0.6 is 0 Å². The highest BCUT2D eigenvalue weighted by molar-refractivity contribution is 5.68. The largest absolute Gasteiger partial charge is 0.460 e. The quantitative estimate of drug-likeness (QED) is 0.0627. The molecule has 0 aromatic carbocycles. The van der Waals surface area contributed by atoms with E-state index in [2.05, 4.69) is 0 Å². The molecule has 1 amide bonds. The first kappa shape index (κ1) is 108. The number of halogens is 13. The Balaban J connectivity index is 1.31. The molecule has 37 nitrogen and oxygen atoms in total. The third-order valence-corrected chi connectivity index (χ3v) is 22.6. The molecule has 21 saturated heterocycles. The number of ether oxygens (including phenoxy) is 35. The van der Waals surface area contributed by atoms with Crippen molar-refractivity contribution in [2.24, 2.45) is 0 Å². The van der Waals surface area contributed by atoms with Crippen molar-refractivity contribution < 1.29 is 228 Å². The maximum Gasteiger partial charge on any atom is 0.460 e. The van der Waals surface area contributed by atoms with Gasteiger partial charge in [-0.2, -0.15) is 57.1 Å². The van der Waals surface area contributed by atoms with Gasteiger partial charge in [-0.1, -0.05) is 6.08 Å². The van der Waals surface area contributed by atoms with Gasteiger partial charge in [-0.05, 0) is 26.8 Å². The lowest BCUT2D eigenvalue weighted by molar-refractivity contribution is -0.436. The van der Waals surface area contributed by atoms with Crippen LogP contribution < -0.4 is 0 Å². The SMILES string of the molecule is COC[C@H]1O[C@@H]2O[C@H]3[C@H](OC)[C@@H](OC)[C@@H](O[C@H]4[C@H](OC)[C@@H](OC)[C@@H](O[C@H]5[C@H](OC)[C@@H](OC)[C@@H](O[C@H]6[C@H](OC)[C@@H](OC)[C@@H](O[C@H]7[C@H](OC)[C@@H](OC)[C@@H](O[C@H]8[C@H](OC)[C@@H](OC)[C@@H](O[C@H]1[C@H](OC)[C@H]2OC)O[C@@H]8COC)O[C@@H]7COC)O[C@@H]6COC)O[C@@H]5CN(C/C=C\C(F)(F)C(F)(F)C(F)(F)C(F)(F)C(F)(F)C(F)(F)F)C(=O)OC(C)(C)C)O[C@@H]4COC)O[C@@H]3COC. The van der Waals surface area contributed by atoms with Crippen molar-refractivity contribution >= 4 is 6.09 Å². The fraction of sp³-hybridized carbons (Fsp3) is 0.961. The number of carbonyl (C=O) groups is 1. The third-order valence-electron chi connectivity index (χ3n) is 22.6. The van der Waals surface area contributed by atoms with Crippen LogP contribution in [0.15, 0.2) is 12.2 Å². The van der Waals surface area contributed by atoms with Gasteiger partial charge in [-0.3, -0.25) is 0 Å². The smallest absolute Gasteiger partial charge is 0.444 e. The van der Waals surface area contributed by atoms with Crippen molar-refractivity contribution in [3.63, 3.8) is 0 Å². The Morgan fingerprint density at radius 3 is 0.643 bits per heavy atom. The molecule has 35 atom stereocenters. The number of carbonyl (C=O) groups excluding carboxylic acids is 1. The summed E-state index contributed by atoms with van der Waals surface area (Å²) < 4.78 is 413. The van der Waals surface area contributed by atoms with E-state index in [-0.39, 0.29) is 32.5 Å². The molecule has 0 radical (unpaired) electrons. The molecule has 0 spiro atoms. The lowest BCUT2D eigenvalue weighted by Crippen LogP contribution is -2.69. The van der Waals surface area contributed by atoms with Crippen LogP contribution in [0.1, 0.15) is 20.8 Å². The van der Waals surface area contributed by atoms with Crippen molar-refractivity contribution in [2.45, 2.75) is 277 Å². The Kier molecular flexibility index (Phi) is 40.1. The fourth-order valence-corrected chi connectivity index (χ4v) is 16.7. The Labute approximate surface area is 720 Å². The molecule has 0 saturated carbocycles. The van der Waals surface area contributed by atoms with Gasteiger partial charge < -0.3 is 171 Å². The Morgan fingerprint density at radius 2 is 0.460 bits per heavy atom. The summed E-state index contributed by atoms with van der Waals surface area (Å²) in [5.41, 5.74) is -1.59. The Hall–Kier alpha value is -3.26. The van der Waals surface area contributed by atoms with Gasteiger partial charge in [0.05, 0.1) is 46.2 Å². The molecule has 0 aromatic rings. The van der Waals surface area contributed by atoms with Crippen LogP contribution in [0.5, 0.6) is 0 Å². The summed E-state index contributed by atoms with van der Waals surface area (Å²) in [6, 6.07) is 0. The van der Waals surface area contributed by atoms with Gasteiger partial charge in [0, 0.05) is 149 Å². The monoisotopic (exact) mass is 1870 g/mol. The van der Waals surface area contributed by atoms with Crippen molar-refractivity contribution in [2.75, 3.05) is 195 Å². The lowest BCUT2D eigenvalue weighted by Gasteiger charge is -2.52. The molecule has 0 aromatic heterocycles. The highest BCUT2D eigenvalue weighted by Gasteiger charge is 2.90. The standard InChI is InChI=1S/C76H122F13NO36/c1-70(2,3)126-69(91)90(26-24-25-71(77,78)72(79,80)73(81,82)74(83,84)75(85,86)76(87,88)89)27-34-41-48(98-10)55(105-17)62(112-34)120-42-35(28-92-4)114-64(57(107-19)49(42)99-11)122-44-37(30-94-6)116-66(59(109-21)51(44)101-13)124-46-39(32-96-8)118-68(61(111-23)53(46)103-15)125-47-40(33-97-9)117-67(60(110-22)54(47)104-16)123-45-38(31-95-7)115-65(58(108-20)52(45)102-14)121-43-36(29-93-5)113-63(119-41)56(106-18)50(43)100-12/h24-25,34-68H,26-33H2,1-23H3/b25-24-/t34-,35-,36-,37-,38-,39-,40-,41-,42-,43-,44-,45-,46-,47-,48+,49+,50+,51+,52+,53+,54+,55-,56-,57-,58-,59-,60-,61-,62-,63-,64-,65-,66-,67-,68-/m1/s1. The minimum Gasteiger partial charge on any atom is -0.444 e. The molecule has 738 valence electrons. The van der Waals surface area contributed by atoms with Crippen molar-refractivity contribution in [1.29, 1.82) is 0 Å². The predicted molar refractivity (Wildman–Crippen MR) is 395 cm³/mol. The molecule has 0 aliphatic carbocycles. The molecular formula is C76H122F13NO36. The van der Waals surface area contributed by atoms with E-state index in [9.17, 15) is 35.5 Å². The first-order valence-electron chi connectivity index (χ1n) is 39.7. The number of alkyl halides is 13. The topological polar surface area (TPSA) is 343 Å². The minimum absolute atomic E-state index is 0.172. The minimum atomic E-state index is -8.24. The molecule has 21 rings (SSSR count). The number of allylic oxidation sites excluding steroid dienone is 1. The number of rotatable bonds is 35. The van der Waals surface area contributed by atoms with Gasteiger partial charge in [0.15, 0.2) is 44.0 Å². The second-order valence-electron chi connectivity index (χ2n) is 31.2. The van der Waals surface area contributed by atoms with Crippen LogP contribution in [-0.4, -0.2) is 462 Å². The Morgan fingerprint density at radius 1 is 0.270 bits per heavy atom. The van der Waals surface area contributed by atoms with E-state index in [0.29, 0.717) is 4.90 Å². The average molecular weight is 1870 g/mol. The molecule has 21 aliphatic heterocycles. The van der Waals surface area contributed by atoms with Crippen molar-refractivity contribution in [3.05, 3.63) is 12.2 Å². The second-order valence-corrected chi connectivity index (χ2v) is 31.2. The lowest BCUT2D eigenvalue weighted by atomic mass is 9.93. The Bertz CT molecular complexity index is 3240. The zero-order valence-corrected chi connectivity index (χ0v) is 74.1. The maximum atomic E-state index is 15.8. The van der Waals surface area contributed by atoms with Gasteiger partial charge in [-0.15, -0.1) is 0 Å². The van der Waals surface area contributed by atoms with E-state index in [1.165, 1.54) is 149 Å². The molecule has 126 heavy (non-hydrogen) atoms. The molecule has 21 aliphatic rings. The summed E-state index contributed by atoms with van der Waals surface area (Å²) in [5.74, 6) is -39.0. The maximum absolute atomic E-state index is 15.8. The van der Waals surface area contributed by atoms with E-state index in [1.807, 2.05) is 0 Å². The summed E-state index contributed by atoms with van der Waals surface area (Å²) in [7, 11) is 26.5. The molecule has 21 heterocycles.